The lowest BCUT2D eigenvalue weighted by molar-refractivity contribution is 0.0822. The molecule has 2 fully saturated rings. The maximum atomic E-state index is 12.2. The lowest BCUT2D eigenvalue weighted by Crippen LogP contribution is -2.31. The third-order valence-corrected chi connectivity index (χ3v) is 5.23. The lowest BCUT2D eigenvalue weighted by atomic mass is 10.2. The summed E-state index contributed by atoms with van der Waals surface area (Å²) in [5.74, 6) is 0.0599. The Labute approximate surface area is 159 Å². The molecule has 1 atom stereocenters. The fraction of sp³-hybridized carbons (Fsp3) is 0.550. The molecule has 0 spiro atoms. The Bertz CT molecular complexity index is 745. The molecule has 4 rings (SSSR count). The molecule has 0 saturated carbocycles. The van der Waals surface area contributed by atoms with E-state index in [-0.39, 0.29) is 17.9 Å². The van der Waals surface area contributed by atoms with Gasteiger partial charge in [-0.1, -0.05) is 18.0 Å². The second-order valence-electron chi connectivity index (χ2n) is 7.22. The first kappa shape index (κ1) is 18.0. The number of amides is 1. The van der Waals surface area contributed by atoms with Gasteiger partial charge in [-0.15, -0.1) is 0 Å². The molecular formula is C20H26N4O3. The number of ether oxygens (including phenoxy) is 1. The molecule has 2 aliphatic heterocycles. The Hall–Kier alpha value is -2.41. The second-order valence-corrected chi connectivity index (χ2v) is 7.22. The first-order chi connectivity index (χ1) is 13.3. The van der Waals surface area contributed by atoms with Crippen molar-refractivity contribution in [1.82, 2.24) is 15.5 Å². The summed E-state index contributed by atoms with van der Waals surface area (Å²) in [5.41, 5.74) is 2.06. The quantitative estimate of drug-likeness (QED) is 0.871. The number of hydrogen-bond donors (Lipinski definition) is 1. The highest BCUT2D eigenvalue weighted by Gasteiger charge is 2.20. The van der Waals surface area contributed by atoms with E-state index in [0.29, 0.717) is 12.4 Å². The zero-order valence-electron chi connectivity index (χ0n) is 15.5. The number of benzene rings is 1. The summed E-state index contributed by atoms with van der Waals surface area (Å²) < 4.78 is 10.6. The molecule has 3 heterocycles. The summed E-state index contributed by atoms with van der Waals surface area (Å²) in [5, 5.41) is 6.75. The smallest absolute Gasteiger partial charge is 0.316 e. The van der Waals surface area contributed by atoms with Gasteiger partial charge in [0.2, 0.25) is 5.82 Å². The molecule has 2 saturated heterocycles. The third-order valence-electron chi connectivity index (χ3n) is 5.23. The van der Waals surface area contributed by atoms with Crippen molar-refractivity contribution in [2.24, 2.45) is 0 Å². The Morgan fingerprint density at radius 2 is 1.89 bits per heavy atom. The molecule has 1 N–H and O–H groups in total. The number of nitrogens with zero attached hydrogens (tertiary/aromatic N) is 3. The van der Waals surface area contributed by atoms with Gasteiger partial charge in [-0.3, -0.25) is 4.79 Å². The minimum Gasteiger partial charge on any atom is -0.376 e. The Morgan fingerprint density at radius 1 is 1.11 bits per heavy atom. The van der Waals surface area contributed by atoms with Gasteiger partial charge in [-0.05, 0) is 49.9 Å². The molecule has 1 amide bonds. The lowest BCUT2D eigenvalue weighted by Gasteiger charge is -2.22. The molecular weight excluding hydrogens is 344 g/mol. The summed E-state index contributed by atoms with van der Waals surface area (Å²) in [6.07, 6.45) is 7.22. The van der Waals surface area contributed by atoms with Gasteiger partial charge in [0.05, 0.1) is 6.10 Å². The van der Waals surface area contributed by atoms with Gasteiger partial charge in [-0.2, -0.15) is 4.98 Å². The van der Waals surface area contributed by atoms with E-state index in [1.54, 1.807) is 0 Å². The van der Waals surface area contributed by atoms with E-state index in [1.807, 2.05) is 12.1 Å². The van der Waals surface area contributed by atoms with Gasteiger partial charge < -0.3 is 19.5 Å². The molecule has 0 radical (unpaired) electrons. The second kappa shape index (κ2) is 8.52. The molecule has 2 aromatic rings. The van der Waals surface area contributed by atoms with Crippen molar-refractivity contribution in [3.63, 3.8) is 0 Å². The van der Waals surface area contributed by atoms with Gasteiger partial charge in [0.1, 0.15) is 0 Å². The van der Waals surface area contributed by atoms with Gasteiger partial charge in [0.25, 0.3) is 0 Å². The average Bonchev–Trinajstić information content (AvgIpc) is 3.33. The molecule has 7 nitrogen and oxygen atoms in total. The van der Waals surface area contributed by atoms with Crippen LogP contribution in [0.2, 0.25) is 0 Å². The Morgan fingerprint density at radius 3 is 2.59 bits per heavy atom. The van der Waals surface area contributed by atoms with E-state index >= 15 is 0 Å². The maximum absolute atomic E-state index is 12.2. The monoisotopic (exact) mass is 370 g/mol. The molecule has 1 aromatic carbocycles. The number of rotatable bonds is 5. The summed E-state index contributed by atoms with van der Waals surface area (Å²) >= 11 is 0. The minimum atomic E-state index is -0.356. The van der Waals surface area contributed by atoms with Crippen molar-refractivity contribution in [2.75, 3.05) is 31.1 Å². The van der Waals surface area contributed by atoms with Gasteiger partial charge in [0, 0.05) is 37.5 Å². The van der Waals surface area contributed by atoms with E-state index in [9.17, 15) is 4.79 Å². The number of hydrogen-bond acceptors (Lipinski definition) is 6. The van der Waals surface area contributed by atoms with Crippen LogP contribution < -0.4 is 10.2 Å². The summed E-state index contributed by atoms with van der Waals surface area (Å²) in [6, 6.07) is 8.15. The fourth-order valence-corrected chi connectivity index (χ4v) is 3.67. The minimum absolute atomic E-state index is 0.0143. The Kier molecular flexibility index (Phi) is 5.67. The first-order valence-corrected chi connectivity index (χ1v) is 9.88. The van der Waals surface area contributed by atoms with Gasteiger partial charge >= 0.3 is 11.8 Å². The molecule has 1 aromatic heterocycles. The van der Waals surface area contributed by atoms with Crippen LogP contribution in [0.3, 0.4) is 0 Å². The number of nitrogens with one attached hydrogen (secondary N) is 1. The molecule has 0 bridgehead atoms. The number of carbonyl (C=O) groups is 1. The van der Waals surface area contributed by atoms with Crippen LogP contribution in [0.1, 0.15) is 49.2 Å². The SMILES string of the molecule is O=C(NC[C@H]1CCCO1)c1nc(-c2ccc(N3CCCCCC3)cc2)no1. The van der Waals surface area contributed by atoms with Crippen molar-refractivity contribution in [3.05, 3.63) is 30.2 Å². The third kappa shape index (κ3) is 4.47. The van der Waals surface area contributed by atoms with E-state index in [2.05, 4.69) is 32.5 Å². The standard InChI is InChI=1S/C20H26N4O3/c25-19(21-14-17-6-5-13-26-17)20-22-18(23-27-20)15-7-9-16(10-8-15)24-11-3-1-2-4-12-24/h7-10,17H,1-6,11-14H2,(H,21,25)/t17-/m1/s1. The predicted molar refractivity (Wildman–Crippen MR) is 102 cm³/mol. The first-order valence-electron chi connectivity index (χ1n) is 9.88. The van der Waals surface area contributed by atoms with Crippen molar-refractivity contribution < 1.29 is 14.1 Å². The van der Waals surface area contributed by atoms with Crippen molar-refractivity contribution in [2.45, 2.75) is 44.6 Å². The molecule has 7 heteroatoms. The van der Waals surface area contributed by atoms with Crippen LogP contribution in [0.5, 0.6) is 0 Å². The molecule has 27 heavy (non-hydrogen) atoms. The zero-order chi connectivity index (χ0) is 18.5. The molecule has 0 aliphatic carbocycles. The van der Waals surface area contributed by atoms with Crippen LogP contribution in [0.4, 0.5) is 5.69 Å². The van der Waals surface area contributed by atoms with Crippen LogP contribution in [-0.2, 0) is 4.74 Å². The number of carbonyl (C=O) groups excluding carboxylic acids is 1. The van der Waals surface area contributed by atoms with Crippen molar-refractivity contribution in [1.29, 1.82) is 0 Å². The van der Waals surface area contributed by atoms with Crippen LogP contribution in [0.15, 0.2) is 28.8 Å². The summed E-state index contributed by atoms with van der Waals surface area (Å²) in [4.78, 5) is 18.8. The van der Waals surface area contributed by atoms with Crippen LogP contribution in [0, 0.1) is 0 Å². The van der Waals surface area contributed by atoms with E-state index in [1.165, 1.54) is 31.4 Å². The van der Waals surface area contributed by atoms with Crippen LogP contribution >= 0.6 is 0 Å². The van der Waals surface area contributed by atoms with Gasteiger partial charge in [0.15, 0.2) is 0 Å². The highest BCUT2D eigenvalue weighted by atomic mass is 16.5. The van der Waals surface area contributed by atoms with Crippen molar-refractivity contribution >= 4 is 11.6 Å². The van der Waals surface area contributed by atoms with E-state index in [4.69, 9.17) is 9.26 Å². The topological polar surface area (TPSA) is 80.5 Å². The van der Waals surface area contributed by atoms with Gasteiger partial charge in [-0.25, -0.2) is 0 Å². The maximum Gasteiger partial charge on any atom is 0.316 e. The van der Waals surface area contributed by atoms with E-state index in [0.717, 1.165) is 38.1 Å². The largest absolute Gasteiger partial charge is 0.376 e. The average molecular weight is 370 g/mol. The molecule has 0 unspecified atom stereocenters. The normalized spacial score (nSPS) is 20.4. The highest BCUT2D eigenvalue weighted by molar-refractivity contribution is 5.89. The highest BCUT2D eigenvalue weighted by Crippen LogP contribution is 2.23. The Balaban J connectivity index is 1.37. The van der Waals surface area contributed by atoms with Crippen molar-refractivity contribution in [3.8, 4) is 11.4 Å². The fourth-order valence-electron chi connectivity index (χ4n) is 3.67. The number of aromatic nitrogens is 2. The van der Waals surface area contributed by atoms with Crippen LogP contribution in [-0.4, -0.2) is 48.4 Å². The zero-order valence-corrected chi connectivity index (χ0v) is 15.5. The molecule has 144 valence electrons. The molecule has 2 aliphatic rings. The summed E-state index contributed by atoms with van der Waals surface area (Å²) in [6.45, 7) is 3.45. The van der Waals surface area contributed by atoms with Crippen LogP contribution in [0.25, 0.3) is 11.4 Å². The van der Waals surface area contributed by atoms with E-state index < -0.39 is 0 Å². The summed E-state index contributed by atoms with van der Waals surface area (Å²) in [7, 11) is 0. The predicted octanol–water partition coefficient (Wildman–Crippen LogP) is 3.03. The number of anilines is 1.